The van der Waals surface area contributed by atoms with Crippen LogP contribution >= 0.6 is 0 Å². The number of aromatic amines is 1. The SMILES string of the molecule is COc1ccc(F)cc1-c1cccc(CC2(C(=O)NCc3ncc[nH]3)CCOCC2)c1. The lowest BCUT2D eigenvalue weighted by Crippen LogP contribution is -2.46. The molecule has 0 saturated carbocycles. The Morgan fingerprint density at radius 1 is 1.26 bits per heavy atom. The largest absolute Gasteiger partial charge is 0.496 e. The normalized spacial score (nSPS) is 15.4. The number of nitrogens with zero attached hydrogens (tertiary/aromatic N) is 1. The third kappa shape index (κ3) is 4.77. The summed E-state index contributed by atoms with van der Waals surface area (Å²) in [5.74, 6) is 1.01. The van der Waals surface area contributed by atoms with Crippen LogP contribution in [0.2, 0.25) is 0 Å². The standard InChI is InChI=1S/C24H26FN3O3/c1-30-21-6-5-19(25)14-20(21)18-4-2-3-17(13-18)15-24(7-11-31-12-8-24)23(29)28-16-22-26-9-10-27-22/h2-6,9-10,13-14H,7-8,11-12,15-16H2,1H3,(H,26,27)(H,28,29). The maximum absolute atomic E-state index is 13.9. The number of amides is 1. The molecule has 6 nitrogen and oxygen atoms in total. The summed E-state index contributed by atoms with van der Waals surface area (Å²) in [5.41, 5.74) is 1.99. The summed E-state index contributed by atoms with van der Waals surface area (Å²) in [5, 5.41) is 3.03. The summed E-state index contributed by atoms with van der Waals surface area (Å²) in [4.78, 5) is 20.4. The zero-order valence-electron chi connectivity index (χ0n) is 17.5. The number of H-pyrrole nitrogens is 1. The van der Waals surface area contributed by atoms with Crippen LogP contribution in [-0.4, -0.2) is 36.2 Å². The minimum absolute atomic E-state index is 0.000870. The van der Waals surface area contributed by atoms with Crippen LogP contribution < -0.4 is 10.1 Å². The van der Waals surface area contributed by atoms with Crippen molar-refractivity contribution >= 4 is 5.91 Å². The van der Waals surface area contributed by atoms with E-state index in [0.29, 0.717) is 50.3 Å². The number of aromatic nitrogens is 2. The summed E-state index contributed by atoms with van der Waals surface area (Å²) >= 11 is 0. The number of rotatable bonds is 7. The van der Waals surface area contributed by atoms with Gasteiger partial charge in [0.2, 0.25) is 5.91 Å². The average molecular weight is 423 g/mol. The molecule has 162 valence electrons. The molecule has 1 fully saturated rings. The van der Waals surface area contributed by atoms with E-state index < -0.39 is 5.41 Å². The fourth-order valence-corrected chi connectivity index (χ4v) is 4.14. The highest BCUT2D eigenvalue weighted by molar-refractivity contribution is 5.83. The van der Waals surface area contributed by atoms with Crippen molar-refractivity contribution in [2.24, 2.45) is 5.41 Å². The average Bonchev–Trinajstić information content (AvgIpc) is 3.32. The number of nitrogens with one attached hydrogen (secondary N) is 2. The van der Waals surface area contributed by atoms with Gasteiger partial charge in [-0.3, -0.25) is 4.79 Å². The van der Waals surface area contributed by atoms with Crippen LogP contribution in [0.3, 0.4) is 0 Å². The first kappa shape index (κ1) is 21.1. The van der Waals surface area contributed by atoms with Gasteiger partial charge in [-0.25, -0.2) is 9.37 Å². The molecule has 3 aromatic rings. The molecule has 0 atom stereocenters. The third-order valence-electron chi connectivity index (χ3n) is 5.84. The summed E-state index contributed by atoms with van der Waals surface area (Å²) in [6.07, 6.45) is 5.26. The molecule has 2 aromatic carbocycles. The number of benzene rings is 2. The van der Waals surface area contributed by atoms with E-state index in [2.05, 4.69) is 15.3 Å². The molecule has 2 heterocycles. The summed E-state index contributed by atoms with van der Waals surface area (Å²) in [6.45, 7) is 1.45. The van der Waals surface area contributed by atoms with Gasteiger partial charge < -0.3 is 19.8 Å². The number of imidazole rings is 1. The summed E-state index contributed by atoms with van der Waals surface area (Å²) < 4.78 is 24.8. The molecule has 1 aliphatic rings. The van der Waals surface area contributed by atoms with Crippen molar-refractivity contribution in [1.82, 2.24) is 15.3 Å². The van der Waals surface area contributed by atoms with Crippen molar-refractivity contribution in [3.05, 3.63) is 72.1 Å². The van der Waals surface area contributed by atoms with Crippen molar-refractivity contribution in [3.63, 3.8) is 0 Å². The Balaban J connectivity index is 1.58. The maximum atomic E-state index is 13.9. The van der Waals surface area contributed by atoms with Crippen LogP contribution in [0, 0.1) is 11.2 Å². The van der Waals surface area contributed by atoms with Gasteiger partial charge in [-0.2, -0.15) is 0 Å². The summed E-state index contributed by atoms with van der Waals surface area (Å²) in [7, 11) is 1.57. The Morgan fingerprint density at radius 3 is 2.84 bits per heavy atom. The van der Waals surface area contributed by atoms with Crippen molar-refractivity contribution in [2.45, 2.75) is 25.8 Å². The van der Waals surface area contributed by atoms with E-state index in [9.17, 15) is 9.18 Å². The first-order valence-corrected chi connectivity index (χ1v) is 10.4. The van der Waals surface area contributed by atoms with Gasteiger partial charge in [-0.15, -0.1) is 0 Å². The lowest BCUT2D eigenvalue weighted by Gasteiger charge is -2.36. The fraction of sp³-hybridized carbons (Fsp3) is 0.333. The van der Waals surface area contributed by atoms with Crippen LogP contribution in [0.15, 0.2) is 54.9 Å². The van der Waals surface area contributed by atoms with Gasteiger partial charge in [0.1, 0.15) is 17.4 Å². The van der Waals surface area contributed by atoms with Gasteiger partial charge in [-0.05, 0) is 48.6 Å². The topological polar surface area (TPSA) is 76.2 Å². The lowest BCUT2D eigenvalue weighted by atomic mass is 9.74. The van der Waals surface area contributed by atoms with Gasteiger partial charge in [0.15, 0.2) is 0 Å². The van der Waals surface area contributed by atoms with E-state index in [1.54, 1.807) is 25.6 Å². The molecule has 31 heavy (non-hydrogen) atoms. The first-order valence-electron chi connectivity index (χ1n) is 10.4. The first-order chi connectivity index (χ1) is 15.1. The highest BCUT2D eigenvalue weighted by atomic mass is 19.1. The molecule has 0 unspecified atom stereocenters. The number of halogens is 1. The molecule has 0 spiro atoms. The van der Waals surface area contributed by atoms with Crippen molar-refractivity contribution < 1.29 is 18.7 Å². The van der Waals surface area contributed by atoms with Crippen LogP contribution in [0.5, 0.6) is 5.75 Å². The molecule has 0 bridgehead atoms. The maximum Gasteiger partial charge on any atom is 0.227 e. The van der Waals surface area contributed by atoms with E-state index in [1.165, 1.54) is 12.1 Å². The highest BCUT2D eigenvalue weighted by Crippen LogP contribution is 2.37. The molecule has 7 heteroatoms. The molecular formula is C24H26FN3O3. The zero-order valence-corrected chi connectivity index (χ0v) is 17.5. The Hall–Kier alpha value is -3.19. The monoisotopic (exact) mass is 423 g/mol. The van der Waals surface area contributed by atoms with Gasteiger partial charge in [0.05, 0.1) is 19.1 Å². The van der Waals surface area contributed by atoms with Crippen molar-refractivity contribution in [2.75, 3.05) is 20.3 Å². The zero-order chi connectivity index (χ0) is 21.7. The molecule has 0 aliphatic carbocycles. The number of hydrogen-bond donors (Lipinski definition) is 2. The van der Waals surface area contributed by atoms with Gasteiger partial charge in [0.25, 0.3) is 0 Å². The van der Waals surface area contributed by atoms with Crippen LogP contribution in [0.25, 0.3) is 11.1 Å². The molecule has 1 amide bonds. The molecule has 0 radical (unpaired) electrons. The van der Waals surface area contributed by atoms with Crippen LogP contribution in [0.4, 0.5) is 4.39 Å². The van der Waals surface area contributed by atoms with Crippen LogP contribution in [0.1, 0.15) is 24.2 Å². The Labute approximate surface area is 180 Å². The van der Waals surface area contributed by atoms with E-state index in [-0.39, 0.29) is 11.7 Å². The lowest BCUT2D eigenvalue weighted by molar-refractivity contribution is -0.136. The predicted octanol–water partition coefficient (Wildman–Crippen LogP) is 3.88. The minimum Gasteiger partial charge on any atom is -0.496 e. The molecular weight excluding hydrogens is 397 g/mol. The van der Waals surface area contributed by atoms with Crippen LogP contribution in [-0.2, 0) is 22.5 Å². The molecule has 4 rings (SSSR count). The number of methoxy groups -OCH3 is 1. The predicted molar refractivity (Wildman–Crippen MR) is 115 cm³/mol. The third-order valence-corrected chi connectivity index (χ3v) is 5.84. The second-order valence-corrected chi connectivity index (χ2v) is 7.83. The number of hydrogen-bond acceptors (Lipinski definition) is 4. The molecule has 1 aliphatic heterocycles. The Bertz CT molecular complexity index is 1030. The second kappa shape index (κ2) is 9.31. The molecule has 2 N–H and O–H groups in total. The number of carbonyl (C=O) groups is 1. The second-order valence-electron chi connectivity index (χ2n) is 7.83. The van der Waals surface area contributed by atoms with E-state index >= 15 is 0 Å². The van der Waals surface area contributed by atoms with E-state index in [0.717, 1.165) is 17.0 Å². The number of carbonyl (C=O) groups excluding carboxylic acids is 1. The van der Waals surface area contributed by atoms with Gasteiger partial charge >= 0.3 is 0 Å². The van der Waals surface area contributed by atoms with E-state index in [1.807, 2.05) is 24.3 Å². The van der Waals surface area contributed by atoms with Crippen molar-refractivity contribution in [1.29, 1.82) is 0 Å². The van der Waals surface area contributed by atoms with Crippen molar-refractivity contribution in [3.8, 4) is 16.9 Å². The smallest absolute Gasteiger partial charge is 0.227 e. The Kier molecular flexibility index (Phi) is 6.32. The number of ether oxygens (including phenoxy) is 2. The molecule has 1 saturated heterocycles. The highest BCUT2D eigenvalue weighted by Gasteiger charge is 2.40. The van der Waals surface area contributed by atoms with Gasteiger partial charge in [-0.1, -0.05) is 24.3 Å². The Morgan fingerprint density at radius 2 is 2.10 bits per heavy atom. The summed E-state index contributed by atoms with van der Waals surface area (Å²) in [6, 6.07) is 12.3. The van der Waals surface area contributed by atoms with E-state index in [4.69, 9.17) is 9.47 Å². The minimum atomic E-state index is -0.560. The van der Waals surface area contributed by atoms with Gasteiger partial charge in [0, 0.05) is 31.2 Å². The molecule has 1 aromatic heterocycles. The fourth-order valence-electron chi connectivity index (χ4n) is 4.14. The quantitative estimate of drug-likeness (QED) is 0.605.